The van der Waals surface area contributed by atoms with Crippen molar-refractivity contribution < 1.29 is 38.3 Å². The predicted octanol–water partition coefficient (Wildman–Crippen LogP) is 3.80. The van der Waals surface area contributed by atoms with Crippen molar-refractivity contribution in [2.75, 3.05) is 55.1 Å². The number of amides is 5. The van der Waals surface area contributed by atoms with Crippen molar-refractivity contribution in [3.8, 4) is 0 Å². The number of carbonyl (C=O) groups excluding carboxylic acids is 5. The Labute approximate surface area is 367 Å². The van der Waals surface area contributed by atoms with Gasteiger partial charge in [0, 0.05) is 46.3 Å². The highest BCUT2D eigenvalue weighted by molar-refractivity contribution is 5.90. The van der Waals surface area contributed by atoms with Crippen LogP contribution in [0.2, 0.25) is 0 Å². The van der Waals surface area contributed by atoms with E-state index in [9.17, 15) is 24.0 Å². The lowest BCUT2D eigenvalue weighted by molar-refractivity contribution is -0.148. The summed E-state index contributed by atoms with van der Waals surface area (Å²) in [7, 11) is 8.53. The number of methoxy groups -OCH3 is 2. The summed E-state index contributed by atoms with van der Waals surface area (Å²) in [5.41, 5.74) is 3.57. The van der Waals surface area contributed by atoms with Crippen molar-refractivity contribution in [3.05, 3.63) is 35.9 Å². The third-order valence-corrected chi connectivity index (χ3v) is 11.7. The normalized spacial score (nSPS) is 18.5. The minimum atomic E-state index is -0.861. The van der Waals surface area contributed by atoms with Crippen LogP contribution in [0.15, 0.2) is 30.3 Å². The lowest BCUT2D eigenvalue weighted by Crippen LogP contribution is -2.59. The molecule has 1 aromatic rings. The monoisotopic (exact) mass is 860 g/mol. The zero-order chi connectivity index (χ0) is 46.2. The minimum absolute atomic E-state index is 0.000294. The van der Waals surface area contributed by atoms with E-state index in [0.29, 0.717) is 13.0 Å². The van der Waals surface area contributed by atoms with E-state index in [1.165, 1.54) is 0 Å². The van der Waals surface area contributed by atoms with Gasteiger partial charge in [-0.05, 0) is 71.0 Å². The smallest absolute Gasteiger partial charge is 0.245 e. The fraction of sp³-hybridized carbons (Fsp3) is 0.761. The summed E-state index contributed by atoms with van der Waals surface area (Å²) in [4.78, 5) is 80.5. The molecule has 0 saturated carbocycles. The van der Waals surface area contributed by atoms with Crippen LogP contribution in [0.25, 0.3) is 0 Å². The molecule has 1 saturated heterocycles. The molecule has 0 aliphatic carbocycles. The summed E-state index contributed by atoms with van der Waals surface area (Å²) >= 11 is 0. The number of hydroxylamine groups is 1. The van der Waals surface area contributed by atoms with E-state index in [0.717, 1.165) is 18.4 Å². The average molecular weight is 860 g/mol. The number of nitrogens with zero attached hydrogens (tertiary/aromatic N) is 3. The van der Waals surface area contributed by atoms with Crippen LogP contribution in [-0.4, -0.2) is 147 Å². The standard InChI is InChI=1S/C46H81N7O8/c1-16-31(6)40(52(13)45(58)38(29(2)3)49-44(57)39(30(4)5)51(11)12)36(59-14)28-37(54)53-25-20-23-35(53)41(60-15)32(7)42(55)48-34(27-33-21-18-17-19-22-33)43(56)47-24-26-61-50-46(8,9)10/h17-19,21-22,29-32,34-36,38-41,50H,16,20,23-28H2,1-15H3,(H,47,56)(H,48,55)(H,49,57)/t31-,32+,34-,35-,36?,38-,39-,40?,41+/m0/s1. The first kappa shape index (κ1) is 53.5. The van der Waals surface area contributed by atoms with Crippen LogP contribution >= 0.6 is 0 Å². The fourth-order valence-corrected chi connectivity index (χ4v) is 8.39. The molecule has 1 fully saturated rings. The Morgan fingerprint density at radius 1 is 0.869 bits per heavy atom. The van der Waals surface area contributed by atoms with E-state index in [1.807, 2.05) is 112 Å². The van der Waals surface area contributed by atoms with Gasteiger partial charge in [-0.15, -0.1) is 0 Å². The van der Waals surface area contributed by atoms with Gasteiger partial charge in [-0.1, -0.05) is 85.2 Å². The minimum Gasteiger partial charge on any atom is -0.379 e. The maximum atomic E-state index is 14.4. The van der Waals surface area contributed by atoms with Crippen LogP contribution in [0.4, 0.5) is 0 Å². The highest BCUT2D eigenvalue weighted by Gasteiger charge is 2.43. The summed E-state index contributed by atoms with van der Waals surface area (Å²) < 4.78 is 12.1. The first-order chi connectivity index (χ1) is 28.6. The van der Waals surface area contributed by atoms with Crippen LogP contribution in [0, 0.1) is 23.7 Å². The molecule has 1 aliphatic heterocycles. The topological polar surface area (TPSA) is 171 Å². The zero-order valence-corrected chi connectivity index (χ0v) is 40.0. The molecule has 0 spiro atoms. The number of carbonyl (C=O) groups is 5. The molecule has 0 radical (unpaired) electrons. The molecule has 15 nitrogen and oxygen atoms in total. The van der Waals surface area contributed by atoms with Crippen molar-refractivity contribution in [1.29, 1.82) is 0 Å². The van der Waals surface area contributed by atoms with Crippen LogP contribution in [0.3, 0.4) is 0 Å². The van der Waals surface area contributed by atoms with Gasteiger partial charge in [-0.2, -0.15) is 5.48 Å². The van der Waals surface area contributed by atoms with E-state index < -0.39 is 48.3 Å². The number of likely N-dealkylation sites (tertiary alicyclic amines) is 1. The van der Waals surface area contributed by atoms with Crippen molar-refractivity contribution in [2.24, 2.45) is 23.7 Å². The van der Waals surface area contributed by atoms with Gasteiger partial charge in [0.15, 0.2) is 0 Å². The van der Waals surface area contributed by atoms with Gasteiger partial charge >= 0.3 is 0 Å². The Morgan fingerprint density at radius 2 is 1.51 bits per heavy atom. The maximum Gasteiger partial charge on any atom is 0.245 e. The Hall–Kier alpha value is -3.63. The predicted molar refractivity (Wildman–Crippen MR) is 239 cm³/mol. The summed E-state index contributed by atoms with van der Waals surface area (Å²) in [5, 5.41) is 8.91. The van der Waals surface area contributed by atoms with Gasteiger partial charge < -0.3 is 35.2 Å². The molecule has 5 amide bonds. The summed E-state index contributed by atoms with van der Waals surface area (Å²) in [6, 6.07) is 6.57. The number of hydrogen-bond acceptors (Lipinski definition) is 10. The largest absolute Gasteiger partial charge is 0.379 e. The summed E-state index contributed by atoms with van der Waals surface area (Å²) in [6.45, 7) is 20.5. The lowest BCUT2D eigenvalue weighted by atomic mass is 9.89. The summed E-state index contributed by atoms with van der Waals surface area (Å²) in [6.07, 6.45) is 1.04. The van der Waals surface area contributed by atoms with Crippen LogP contribution in [-0.2, 0) is 44.7 Å². The van der Waals surface area contributed by atoms with Crippen LogP contribution < -0.4 is 21.4 Å². The maximum absolute atomic E-state index is 14.4. The molecule has 15 heteroatoms. The van der Waals surface area contributed by atoms with Crippen molar-refractivity contribution in [3.63, 3.8) is 0 Å². The van der Waals surface area contributed by atoms with Gasteiger partial charge in [0.25, 0.3) is 0 Å². The Balaban J connectivity index is 2.28. The first-order valence-corrected chi connectivity index (χ1v) is 22.2. The molecular formula is C46H81N7O8. The molecule has 348 valence electrons. The first-order valence-electron chi connectivity index (χ1n) is 22.2. The summed E-state index contributed by atoms with van der Waals surface area (Å²) in [5.74, 6) is -2.23. The molecule has 0 bridgehead atoms. The number of ether oxygens (including phenoxy) is 2. The van der Waals surface area contributed by atoms with E-state index in [4.69, 9.17) is 14.3 Å². The van der Waals surface area contributed by atoms with E-state index in [1.54, 1.807) is 38.0 Å². The van der Waals surface area contributed by atoms with E-state index in [-0.39, 0.29) is 78.8 Å². The zero-order valence-electron chi connectivity index (χ0n) is 40.0. The second kappa shape index (κ2) is 25.5. The molecular weight excluding hydrogens is 779 g/mol. The molecule has 9 atom stereocenters. The number of benzene rings is 1. The highest BCUT2D eigenvalue weighted by atomic mass is 16.6. The van der Waals surface area contributed by atoms with E-state index in [2.05, 4.69) is 21.4 Å². The number of likely N-dealkylation sites (N-methyl/N-ethyl adjacent to an activating group) is 2. The van der Waals surface area contributed by atoms with Crippen LogP contribution in [0.1, 0.15) is 100 Å². The highest BCUT2D eigenvalue weighted by Crippen LogP contribution is 2.30. The molecule has 1 aliphatic rings. The number of nitrogens with one attached hydrogen (secondary N) is 4. The molecule has 2 rings (SSSR count). The third-order valence-electron chi connectivity index (χ3n) is 11.7. The van der Waals surface area contributed by atoms with Crippen molar-refractivity contribution >= 4 is 29.5 Å². The van der Waals surface area contributed by atoms with Gasteiger partial charge in [0.05, 0.1) is 49.3 Å². The third kappa shape index (κ3) is 16.2. The fourth-order valence-electron chi connectivity index (χ4n) is 8.39. The Kier molecular flexibility index (Phi) is 22.3. The Morgan fingerprint density at radius 3 is 2.03 bits per heavy atom. The van der Waals surface area contributed by atoms with E-state index >= 15 is 0 Å². The van der Waals surface area contributed by atoms with Gasteiger partial charge in [0.2, 0.25) is 29.5 Å². The average Bonchev–Trinajstić information content (AvgIpc) is 3.68. The number of hydrogen-bond donors (Lipinski definition) is 4. The second-order valence-corrected chi connectivity index (χ2v) is 18.7. The van der Waals surface area contributed by atoms with Crippen molar-refractivity contribution in [2.45, 2.75) is 149 Å². The number of rotatable bonds is 25. The van der Waals surface area contributed by atoms with Crippen LogP contribution in [0.5, 0.6) is 0 Å². The van der Waals surface area contributed by atoms with Gasteiger partial charge in [-0.3, -0.25) is 33.7 Å². The SMILES string of the molecule is CC[C@H](C)C(C(CC(=O)N1CCC[C@H]1[C@H](OC)[C@@H](C)C(=O)N[C@@H](Cc1ccccc1)C(=O)NCCONC(C)(C)C)OC)N(C)C(=O)[C@@H](NC(=O)[C@H](C(C)C)N(C)C)C(C)C. The molecule has 2 unspecified atom stereocenters. The molecule has 0 aromatic heterocycles. The Bertz CT molecular complexity index is 1510. The lowest BCUT2D eigenvalue weighted by Gasteiger charge is -2.41. The quantitative estimate of drug-likeness (QED) is 0.0839. The van der Waals surface area contributed by atoms with Gasteiger partial charge in [-0.25, -0.2) is 0 Å². The molecule has 4 N–H and O–H groups in total. The second-order valence-electron chi connectivity index (χ2n) is 18.7. The molecule has 1 heterocycles. The molecule has 61 heavy (non-hydrogen) atoms. The van der Waals surface area contributed by atoms with Gasteiger partial charge in [0.1, 0.15) is 12.1 Å². The molecule has 1 aromatic carbocycles. The van der Waals surface area contributed by atoms with Crippen molar-refractivity contribution in [1.82, 2.24) is 36.1 Å².